The van der Waals surface area contributed by atoms with Gasteiger partial charge in [-0.15, -0.1) is 0 Å². The van der Waals surface area contributed by atoms with Crippen molar-refractivity contribution in [3.05, 3.63) is 0 Å². The van der Waals surface area contributed by atoms with Crippen molar-refractivity contribution in [2.75, 3.05) is 6.61 Å². The van der Waals surface area contributed by atoms with Crippen LogP contribution < -0.4 is 0 Å². The molecule has 3 heteroatoms. The highest BCUT2D eigenvalue weighted by Crippen LogP contribution is 2.57. The summed E-state index contributed by atoms with van der Waals surface area (Å²) in [4.78, 5) is 11.7. The average Bonchev–Trinajstić information content (AvgIpc) is 2.85. The van der Waals surface area contributed by atoms with Crippen LogP contribution in [0.25, 0.3) is 0 Å². The van der Waals surface area contributed by atoms with Crippen LogP contribution in [0, 0.1) is 0 Å². The minimum atomic E-state index is -0.0109. The molecule has 3 rings (SSSR count). The average molecular weight is 225 g/mol. The van der Waals surface area contributed by atoms with Gasteiger partial charge in [0.15, 0.2) is 17.8 Å². The van der Waals surface area contributed by atoms with Crippen LogP contribution in [-0.4, -0.2) is 30.4 Å². The Morgan fingerprint density at radius 1 is 1.25 bits per heavy atom. The first-order valence-electron chi connectivity index (χ1n) is 6.63. The summed E-state index contributed by atoms with van der Waals surface area (Å²) in [5.41, 5.74) is 0.109. The fourth-order valence-corrected chi connectivity index (χ4v) is 4.09. The van der Waals surface area contributed by atoms with Gasteiger partial charge < -0.3 is 9.10 Å². The van der Waals surface area contributed by atoms with Crippen LogP contribution in [0.4, 0.5) is 0 Å². The Morgan fingerprint density at radius 3 is 2.44 bits per heavy atom. The lowest BCUT2D eigenvalue weighted by Crippen LogP contribution is -2.37. The minimum absolute atomic E-state index is 0.0109. The molecule has 2 atom stereocenters. The Hall–Kier alpha value is -0.570. The highest BCUT2D eigenvalue weighted by Gasteiger charge is 2.63. The molecule has 2 unspecified atom stereocenters. The maximum Gasteiger partial charge on any atom is 0.314 e. The third kappa shape index (κ3) is 1.41. The molecule has 16 heavy (non-hydrogen) atoms. The van der Waals surface area contributed by atoms with Crippen LogP contribution in [-0.2, 0) is 13.9 Å². The van der Waals surface area contributed by atoms with Gasteiger partial charge in [-0.25, -0.2) is 0 Å². The molecule has 0 radical (unpaired) electrons. The van der Waals surface area contributed by atoms with E-state index in [2.05, 4.69) is 4.37 Å². The Bertz CT molecular complexity index is 284. The molecular formula is C13H21O3+. The summed E-state index contributed by atoms with van der Waals surface area (Å²) in [5.74, 6) is -0.0109. The van der Waals surface area contributed by atoms with Gasteiger partial charge in [0.25, 0.3) is 0 Å². The van der Waals surface area contributed by atoms with Gasteiger partial charge in [0.1, 0.15) is 6.42 Å². The summed E-state index contributed by atoms with van der Waals surface area (Å²) in [6.07, 6.45) is 9.51. The molecule has 0 N–H and O–H groups in total. The van der Waals surface area contributed by atoms with Crippen LogP contribution in [0.1, 0.15) is 51.9 Å². The number of esters is 1. The first-order chi connectivity index (χ1) is 7.75. The second-order valence-electron chi connectivity index (χ2n) is 5.44. The van der Waals surface area contributed by atoms with Crippen molar-refractivity contribution in [3.63, 3.8) is 0 Å². The number of hydrogen-bond acceptors (Lipinski definition) is 2. The van der Waals surface area contributed by atoms with Gasteiger partial charge in [0.2, 0.25) is 0 Å². The van der Waals surface area contributed by atoms with Gasteiger partial charge in [0, 0.05) is 38.5 Å². The number of carbonyl (C=O) groups is 1. The zero-order chi connectivity index (χ0) is 11.2. The van der Waals surface area contributed by atoms with E-state index in [1.165, 1.54) is 38.5 Å². The first-order valence-corrected chi connectivity index (χ1v) is 6.63. The molecule has 0 spiro atoms. The van der Waals surface area contributed by atoms with E-state index >= 15 is 0 Å². The standard InChI is InChI=1S/C13H21O3/c1-2-15-12(14)9-13-7-5-10-3-4-11(6-8-13)16(10)13/h10-11H,2-9H2,1H3/q+1. The van der Waals surface area contributed by atoms with E-state index < -0.39 is 0 Å². The van der Waals surface area contributed by atoms with Crippen molar-refractivity contribution in [2.45, 2.75) is 69.7 Å². The van der Waals surface area contributed by atoms with Crippen molar-refractivity contribution in [2.24, 2.45) is 0 Å². The smallest absolute Gasteiger partial charge is 0.314 e. The molecule has 3 aliphatic heterocycles. The van der Waals surface area contributed by atoms with Gasteiger partial charge in [-0.1, -0.05) is 0 Å². The van der Waals surface area contributed by atoms with Crippen LogP contribution in [0.15, 0.2) is 0 Å². The third-order valence-corrected chi connectivity index (χ3v) is 4.64. The molecule has 0 aliphatic carbocycles. The number of carbonyl (C=O) groups excluding carboxylic acids is 1. The number of ether oxygens (including phenoxy) is 1. The highest BCUT2D eigenvalue weighted by atomic mass is 16.7. The van der Waals surface area contributed by atoms with E-state index in [9.17, 15) is 4.79 Å². The van der Waals surface area contributed by atoms with Crippen molar-refractivity contribution >= 4 is 5.97 Å². The summed E-state index contributed by atoms with van der Waals surface area (Å²) < 4.78 is 8.71. The van der Waals surface area contributed by atoms with Gasteiger partial charge >= 0.3 is 5.97 Å². The van der Waals surface area contributed by atoms with Gasteiger partial charge in [-0.05, 0) is 6.92 Å². The summed E-state index contributed by atoms with van der Waals surface area (Å²) in [7, 11) is 0. The maximum atomic E-state index is 11.7. The SMILES string of the molecule is CCOC(=O)CC12CCC3CCC(CC1)[O+]32. The molecule has 0 saturated carbocycles. The van der Waals surface area contributed by atoms with Gasteiger partial charge in [-0.2, -0.15) is 0 Å². The van der Waals surface area contributed by atoms with Crippen LogP contribution in [0.5, 0.6) is 0 Å². The van der Waals surface area contributed by atoms with E-state index in [1.807, 2.05) is 6.92 Å². The molecule has 3 saturated heterocycles. The fraction of sp³-hybridized carbons (Fsp3) is 0.923. The Morgan fingerprint density at radius 2 is 1.88 bits per heavy atom. The van der Waals surface area contributed by atoms with Crippen molar-refractivity contribution in [3.8, 4) is 0 Å². The summed E-state index contributed by atoms with van der Waals surface area (Å²) in [6.45, 7) is 2.39. The topological polar surface area (TPSA) is 29.0 Å². The molecule has 0 aromatic rings. The van der Waals surface area contributed by atoms with Crippen molar-refractivity contribution < 1.29 is 13.9 Å². The zero-order valence-corrected chi connectivity index (χ0v) is 10.0. The quantitative estimate of drug-likeness (QED) is 0.545. The van der Waals surface area contributed by atoms with E-state index in [4.69, 9.17) is 4.74 Å². The third-order valence-electron chi connectivity index (χ3n) is 4.64. The molecule has 3 fully saturated rings. The van der Waals surface area contributed by atoms with E-state index in [0.717, 1.165) is 0 Å². The lowest BCUT2D eigenvalue weighted by Gasteiger charge is -2.29. The maximum absolute atomic E-state index is 11.7. The van der Waals surface area contributed by atoms with Crippen molar-refractivity contribution in [1.29, 1.82) is 0 Å². The number of hydrogen-bond donors (Lipinski definition) is 0. The second kappa shape index (κ2) is 3.73. The Balaban J connectivity index is 1.75. The highest BCUT2D eigenvalue weighted by molar-refractivity contribution is 5.71. The Kier molecular flexibility index (Phi) is 2.46. The Labute approximate surface area is 96.8 Å². The molecule has 3 heterocycles. The lowest BCUT2D eigenvalue weighted by molar-refractivity contribution is -0.239. The molecule has 0 bridgehead atoms. The van der Waals surface area contributed by atoms with E-state index in [0.29, 0.717) is 25.2 Å². The van der Waals surface area contributed by atoms with Crippen LogP contribution >= 0.6 is 0 Å². The molecule has 3 aliphatic rings. The first kappa shape index (κ1) is 10.6. The monoisotopic (exact) mass is 225 g/mol. The molecule has 0 amide bonds. The fourth-order valence-electron chi connectivity index (χ4n) is 4.09. The largest absolute Gasteiger partial charge is 0.466 e. The number of rotatable bonds is 3. The summed E-state index contributed by atoms with van der Waals surface area (Å²) in [5, 5.41) is 0. The molecule has 3 nitrogen and oxygen atoms in total. The molecule has 90 valence electrons. The summed E-state index contributed by atoms with van der Waals surface area (Å²) >= 11 is 0. The van der Waals surface area contributed by atoms with Gasteiger partial charge in [0.05, 0.1) is 6.61 Å². The predicted molar refractivity (Wildman–Crippen MR) is 60.3 cm³/mol. The van der Waals surface area contributed by atoms with Gasteiger partial charge in [-0.3, -0.25) is 4.79 Å². The molecule has 0 aromatic carbocycles. The summed E-state index contributed by atoms with van der Waals surface area (Å²) in [6, 6.07) is 0. The van der Waals surface area contributed by atoms with Crippen LogP contribution in [0.3, 0.4) is 0 Å². The predicted octanol–water partition coefficient (Wildman–Crippen LogP) is 2.35. The minimum Gasteiger partial charge on any atom is -0.466 e. The van der Waals surface area contributed by atoms with Crippen molar-refractivity contribution in [1.82, 2.24) is 0 Å². The zero-order valence-electron chi connectivity index (χ0n) is 10.0. The van der Waals surface area contributed by atoms with Crippen LogP contribution in [0.2, 0.25) is 0 Å². The van der Waals surface area contributed by atoms with E-state index in [-0.39, 0.29) is 11.6 Å². The van der Waals surface area contributed by atoms with E-state index in [1.54, 1.807) is 0 Å². The lowest BCUT2D eigenvalue weighted by atomic mass is 9.92. The normalized spacial score (nSPS) is 41.3. The second-order valence-corrected chi connectivity index (χ2v) is 5.44. The molecular weight excluding hydrogens is 204 g/mol. The molecule has 0 aromatic heterocycles.